The van der Waals surface area contributed by atoms with Crippen LogP contribution in [0, 0.1) is 30.1 Å². The number of fused-ring (bicyclic) bond motifs is 2. The summed E-state index contributed by atoms with van der Waals surface area (Å²) >= 11 is 1.58. The lowest BCUT2D eigenvalue weighted by atomic mass is 9.39. The Labute approximate surface area is 337 Å². The van der Waals surface area contributed by atoms with Crippen molar-refractivity contribution in [2.45, 2.75) is 97.6 Å². The highest BCUT2D eigenvalue weighted by Crippen LogP contribution is 2.72. The number of hydrogen-bond acceptors (Lipinski definition) is 12. The molecule has 10 rings (SSSR count). The Morgan fingerprint density at radius 2 is 1.77 bits per heavy atom. The van der Waals surface area contributed by atoms with Gasteiger partial charge >= 0.3 is 5.97 Å². The van der Waals surface area contributed by atoms with Crippen LogP contribution in [0.15, 0.2) is 42.6 Å². The fourth-order valence-corrected chi connectivity index (χ4v) is 12.8. The molecular weight excluding hydrogens is 739 g/mol. The Morgan fingerprint density at radius 3 is 2.54 bits per heavy atom. The summed E-state index contributed by atoms with van der Waals surface area (Å²) < 4.78 is 10.1. The largest absolute Gasteiger partial charge is 0.476 e. The molecule has 14 heteroatoms. The van der Waals surface area contributed by atoms with Gasteiger partial charge in [0.2, 0.25) is 0 Å². The van der Waals surface area contributed by atoms with Gasteiger partial charge in [-0.1, -0.05) is 37.3 Å². The molecule has 5 aromatic rings. The first-order chi connectivity index (χ1) is 27.4. The average molecular weight is 792 g/mol. The number of carbonyl (C=O) groups is 1. The molecule has 0 spiro atoms. The highest BCUT2D eigenvalue weighted by Gasteiger charge is 2.66. The molecule has 1 aromatic carbocycles. The summed E-state index contributed by atoms with van der Waals surface area (Å²) in [5.41, 5.74) is 5.58. The van der Waals surface area contributed by atoms with Crippen LogP contribution < -0.4 is 15.5 Å². The van der Waals surface area contributed by atoms with E-state index in [4.69, 9.17) is 24.9 Å². The van der Waals surface area contributed by atoms with Crippen molar-refractivity contribution in [2.24, 2.45) is 16.2 Å². The minimum absolute atomic E-state index is 0.00384. The predicted octanol–water partition coefficient (Wildman–Crippen LogP) is 7.60. The Morgan fingerprint density at radius 1 is 0.965 bits per heavy atom. The summed E-state index contributed by atoms with van der Waals surface area (Å²) in [5.74, 6) is 0.818. The standard InChI is InChI=1S/C43H53N9O4S/c1-27-29-9-7-16-51(37(29)50-49-36(27)48-39-46-32-10-5-6-11-33(32)57-39)34-13-12-30(35(47-34)38(54)55)31-19-45-52(28(31)2)26-42-21-40(3)20-41(4,22-42)24-43(23-40,25-42)56-18-15-44-14-8-17-53/h5-6,10-13,19,44,53H,7-9,14-18,20-26H2,1-4H3,(H,54,55)(H,46,48,49)/t40-,41+,42?,43?. The summed E-state index contributed by atoms with van der Waals surface area (Å²) in [6.07, 6.45) is 10.9. The maximum Gasteiger partial charge on any atom is 0.355 e. The molecule has 4 bridgehead atoms. The topological polar surface area (TPSA) is 163 Å². The molecule has 57 heavy (non-hydrogen) atoms. The number of para-hydroxylation sites is 1. The van der Waals surface area contributed by atoms with Crippen LogP contribution in [0.25, 0.3) is 21.3 Å². The van der Waals surface area contributed by atoms with E-state index in [2.05, 4.69) is 52.4 Å². The molecular formula is C43H53N9O4S. The van der Waals surface area contributed by atoms with Crippen LogP contribution in [0.2, 0.25) is 0 Å². The molecule has 300 valence electrons. The van der Waals surface area contributed by atoms with Gasteiger partial charge in [0.05, 0.1) is 28.6 Å². The van der Waals surface area contributed by atoms with Crippen molar-refractivity contribution in [1.82, 2.24) is 35.3 Å². The summed E-state index contributed by atoms with van der Waals surface area (Å²) in [6, 6.07) is 11.8. The Bertz CT molecular complexity index is 2290. The van der Waals surface area contributed by atoms with Crippen LogP contribution in [-0.2, 0) is 17.7 Å². The van der Waals surface area contributed by atoms with Crippen molar-refractivity contribution in [3.05, 3.63) is 65.1 Å². The quantitative estimate of drug-likeness (QED) is 0.0817. The zero-order chi connectivity index (χ0) is 39.6. The number of ether oxygens (including phenoxy) is 1. The number of rotatable bonds is 14. The fraction of sp³-hybridized carbons (Fsp3) is 0.535. The first kappa shape index (κ1) is 38.0. The van der Waals surface area contributed by atoms with Gasteiger partial charge in [0.15, 0.2) is 22.5 Å². The molecule has 2 unspecified atom stereocenters. The maximum absolute atomic E-state index is 12.9. The monoisotopic (exact) mass is 791 g/mol. The normalized spacial score (nSPS) is 26.3. The van der Waals surface area contributed by atoms with Gasteiger partial charge in [0, 0.05) is 54.2 Å². The van der Waals surface area contributed by atoms with Crippen LogP contribution in [-0.4, -0.2) is 84.6 Å². The lowest BCUT2D eigenvalue weighted by Crippen LogP contribution is -2.64. The number of carboxylic acids is 1. The van der Waals surface area contributed by atoms with Gasteiger partial charge in [0.1, 0.15) is 5.82 Å². The van der Waals surface area contributed by atoms with Crippen molar-refractivity contribution in [2.75, 3.05) is 43.1 Å². The van der Waals surface area contributed by atoms with E-state index >= 15 is 0 Å². The second-order valence-corrected chi connectivity index (χ2v) is 19.1. The molecule has 0 radical (unpaired) electrons. The minimum Gasteiger partial charge on any atom is -0.476 e. The summed E-state index contributed by atoms with van der Waals surface area (Å²) in [5, 5.41) is 41.4. The van der Waals surface area contributed by atoms with Gasteiger partial charge in [-0.3, -0.25) is 4.68 Å². The highest BCUT2D eigenvalue weighted by molar-refractivity contribution is 7.22. The zero-order valence-electron chi connectivity index (χ0n) is 33.4. The number of nitrogens with one attached hydrogen (secondary N) is 2. The summed E-state index contributed by atoms with van der Waals surface area (Å²) in [4.78, 5) is 24.4. The molecule has 1 aliphatic heterocycles. The molecule has 5 heterocycles. The number of aliphatic hydroxyl groups is 1. The lowest BCUT2D eigenvalue weighted by molar-refractivity contribution is -0.247. The van der Waals surface area contributed by atoms with Crippen LogP contribution in [0.5, 0.6) is 0 Å². The maximum atomic E-state index is 12.9. The second kappa shape index (κ2) is 14.4. The first-order valence-electron chi connectivity index (χ1n) is 20.4. The van der Waals surface area contributed by atoms with Crippen LogP contribution in [0.3, 0.4) is 0 Å². The third-order valence-corrected chi connectivity index (χ3v) is 13.9. The van der Waals surface area contributed by atoms with Crippen molar-refractivity contribution in [3.8, 4) is 11.1 Å². The number of nitrogens with zero attached hydrogens (tertiary/aromatic N) is 7. The van der Waals surface area contributed by atoms with Gasteiger partial charge in [-0.25, -0.2) is 14.8 Å². The molecule has 4 N–H and O–H groups in total. The van der Waals surface area contributed by atoms with Gasteiger partial charge < -0.3 is 30.5 Å². The van der Waals surface area contributed by atoms with Gasteiger partial charge in [-0.2, -0.15) is 5.10 Å². The lowest BCUT2D eigenvalue weighted by Gasteiger charge is -2.69. The van der Waals surface area contributed by atoms with E-state index in [-0.39, 0.29) is 34.1 Å². The molecule has 13 nitrogen and oxygen atoms in total. The first-order valence-corrected chi connectivity index (χ1v) is 21.2. The predicted molar refractivity (Wildman–Crippen MR) is 222 cm³/mol. The molecule has 4 aliphatic carbocycles. The minimum atomic E-state index is -1.08. The number of aliphatic hydroxyl groups excluding tert-OH is 1. The van der Waals surface area contributed by atoms with E-state index in [0.29, 0.717) is 36.2 Å². The average Bonchev–Trinajstić information content (AvgIpc) is 3.74. The van der Waals surface area contributed by atoms with Crippen molar-refractivity contribution in [3.63, 3.8) is 0 Å². The summed E-state index contributed by atoms with van der Waals surface area (Å²) in [7, 11) is 0. The molecule has 5 aliphatic rings. The number of carboxylic acid groups (broad SMARTS) is 1. The molecule has 4 aromatic heterocycles. The third-order valence-electron chi connectivity index (χ3n) is 13.0. The third kappa shape index (κ3) is 7.08. The van der Waals surface area contributed by atoms with Gasteiger partial charge in [-0.15, -0.1) is 10.2 Å². The molecule has 4 atom stereocenters. The van der Waals surface area contributed by atoms with E-state index in [9.17, 15) is 9.90 Å². The van der Waals surface area contributed by atoms with Gasteiger partial charge in [-0.05, 0) is 119 Å². The molecule has 0 amide bonds. The van der Waals surface area contributed by atoms with E-state index in [1.165, 1.54) is 6.42 Å². The van der Waals surface area contributed by atoms with Crippen molar-refractivity contribution < 1.29 is 19.7 Å². The van der Waals surface area contributed by atoms with Gasteiger partial charge in [0.25, 0.3) is 0 Å². The van der Waals surface area contributed by atoms with E-state index in [1.807, 2.05) is 48.4 Å². The number of thiazole rings is 1. The number of aromatic carboxylic acids is 1. The van der Waals surface area contributed by atoms with Crippen LogP contribution >= 0.6 is 11.3 Å². The Kier molecular flexibility index (Phi) is 9.61. The fourth-order valence-electron chi connectivity index (χ4n) is 11.9. The van der Waals surface area contributed by atoms with Crippen molar-refractivity contribution in [1.29, 1.82) is 0 Å². The molecule has 0 saturated heterocycles. The second-order valence-electron chi connectivity index (χ2n) is 18.1. The van der Waals surface area contributed by atoms with E-state index in [0.717, 1.165) is 109 Å². The smallest absolute Gasteiger partial charge is 0.355 e. The summed E-state index contributed by atoms with van der Waals surface area (Å²) in [6.45, 7) is 12.9. The Balaban J connectivity index is 0.960. The Hall–Kier alpha value is -4.50. The number of benzene rings is 1. The van der Waals surface area contributed by atoms with Crippen molar-refractivity contribution >= 4 is 50.1 Å². The number of aromatic nitrogens is 6. The SMILES string of the molecule is Cc1c(Nc2nc3ccccc3s2)nnc2c1CCCN2c1ccc(-c2cnn(CC34CC5(OCCNCCCO)C[C@](C)(C3)C[C@](C)(C4)C5)c2C)c(C(=O)O)n1. The number of anilines is 4. The van der Waals surface area contributed by atoms with E-state index in [1.54, 1.807) is 11.3 Å². The van der Waals surface area contributed by atoms with Crippen LogP contribution in [0.4, 0.5) is 22.6 Å². The number of hydrogen-bond donors (Lipinski definition) is 4. The zero-order valence-corrected chi connectivity index (χ0v) is 34.2. The molecule has 4 fully saturated rings. The highest BCUT2D eigenvalue weighted by atomic mass is 32.1. The van der Waals surface area contributed by atoms with E-state index < -0.39 is 5.97 Å². The number of pyridine rings is 1. The van der Waals surface area contributed by atoms with Crippen LogP contribution in [0.1, 0.15) is 92.5 Å². The molecule has 4 saturated carbocycles.